The zero-order valence-corrected chi connectivity index (χ0v) is 17.1. The molecule has 0 spiro atoms. The number of nitrogens with zero attached hydrogens (tertiary/aromatic N) is 1. The predicted octanol–water partition coefficient (Wildman–Crippen LogP) is 4.68. The van der Waals surface area contributed by atoms with Crippen molar-refractivity contribution in [3.63, 3.8) is 0 Å². The lowest BCUT2D eigenvalue weighted by Gasteiger charge is -2.20. The number of hydrogen-bond acceptors (Lipinski definition) is 5. The molecule has 0 aromatic heterocycles. The standard InChI is InChI=1S/C19H21BrN2O5/c1-19(2,3)12-5-8-16(14(20)9-12)27-11-18(23)21-15-7-6-13(22(24)25)10-17(15)26-4/h5-10H,11H2,1-4H3,(H,21,23). The van der Waals surface area contributed by atoms with Gasteiger partial charge in [0.2, 0.25) is 0 Å². The van der Waals surface area contributed by atoms with E-state index in [9.17, 15) is 14.9 Å². The number of rotatable bonds is 6. The number of nitro benzene ring substituents is 1. The van der Waals surface area contributed by atoms with E-state index in [2.05, 4.69) is 42.0 Å². The topological polar surface area (TPSA) is 90.7 Å². The number of carbonyl (C=O) groups is 1. The normalized spacial score (nSPS) is 11.0. The lowest BCUT2D eigenvalue weighted by molar-refractivity contribution is -0.384. The van der Waals surface area contributed by atoms with Crippen LogP contribution in [0.15, 0.2) is 40.9 Å². The van der Waals surface area contributed by atoms with Crippen LogP contribution in [-0.4, -0.2) is 24.5 Å². The number of ether oxygens (including phenoxy) is 2. The number of benzene rings is 2. The molecule has 0 atom stereocenters. The van der Waals surface area contributed by atoms with Crippen molar-refractivity contribution >= 4 is 33.2 Å². The van der Waals surface area contributed by atoms with Gasteiger partial charge in [0.05, 0.1) is 28.3 Å². The Balaban J connectivity index is 2.04. The SMILES string of the molecule is COc1cc([N+](=O)[O-])ccc1NC(=O)COc1ccc(C(C)(C)C)cc1Br. The summed E-state index contributed by atoms with van der Waals surface area (Å²) in [5.74, 6) is 0.344. The Morgan fingerprint density at radius 1 is 1.19 bits per heavy atom. The van der Waals surface area contributed by atoms with Crippen LogP contribution in [0.2, 0.25) is 0 Å². The van der Waals surface area contributed by atoms with Crippen LogP contribution in [0, 0.1) is 10.1 Å². The number of amides is 1. The molecule has 1 N–H and O–H groups in total. The van der Waals surface area contributed by atoms with E-state index in [1.807, 2.05) is 18.2 Å². The molecule has 0 heterocycles. The molecule has 0 aliphatic carbocycles. The summed E-state index contributed by atoms with van der Waals surface area (Å²) >= 11 is 3.46. The van der Waals surface area contributed by atoms with Crippen LogP contribution in [0.25, 0.3) is 0 Å². The highest BCUT2D eigenvalue weighted by Crippen LogP contribution is 2.32. The summed E-state index contributed by atoms with van der Waals surface area (Å²) < 4.78 is 11.4. The van der Waals surface area contributed by atoms with Crippen molar-refractivity contribution in [1.29, 1.82) is 0 Å². The number of carbonyl (C=O) groups excluding carboxylic acids is 1. The van der Waals surface area contributed by atoms with Crippen LogP contribution < -0.4 is 14.8 Å². The third kappa shape index (κ3) is 5.43. The van der Waals surface area contributed by atoms with Crippen LogP contribution in [0.5, 0.6) is 11.5 Å². The highest BCUT2D eigenvalue weighted by atomic mass is 79.9. The molecule has 0 saturated heterocycles. The second-order valence-electron chi connectivity index (χ2n) is 6.87. The van der Waals surface area contributed by atoms with Crippen molar-refractivity contribution < 1.29 is 19.2 Å². The van der Waals surface area contributed by atoms with Crippen molar-refractivity contribution in [1.82, 2.24) is 0 Å². The Hall–Kier alpha value is -2.61. The summed E-state index contributed by atoms with van der Waals surface area (Å²) in [5.41, 5.74) is 1.36. The fourth-order valence-corrected chi connectivity index (χ4v) is 2.80. The molecule has 0 unspecified atom stereocenters. The van der Waals surface area contributed by atoms with E-state index in [0.717, 1.165) is 10.0 Å². The number of nitro groups is 1. The molecule has 0 fully saturated rings. The molecule has 1 amide bonds. The van der Waals surface area contributed by atoms with Gasteiger partial charge in [-0.1, -0.05) is 26.8 Å². The summed E-state index contributed by atoms with van der Waals surface area (Å²) in [6.45, 7) is 6.12. The third-order valence-electron chi connectivity index (χ3n) is 3.83. The Morgan fingerprint density at radius 3 is 2.44 bits per heavy atom. The van der Waals surface area contributed by atoms with Crippen LogP contribution in [0.3, 0.4) is 0 Å². The first-order valence-corrected chi connectivity index (χ1v) is 8.96. The van der Waals surface area contributed by atoms with Crippen LogP contribution in [0.4, 0.5) is 11.4 Å². The van der Waals surface area contributed by atoms with Gasteiger partial charge in [-0.05, 0) is 45.1 Å². The lowest BCUT2D eigenvalue weighted by atomic mass is 9.87. The molecule has 2 aromatic carbocycles. The first-order valence-electron chi connectivity index (χ1n) is 8.17. The molecule has 2 rings (SSSR count). The highest BCUT2D eigenvalue weighted by Gasteiger charge is 2.17. The van der Waals surface area contributed by atoms with Crippen molar-refractivity contribution in [2.24, 2.45) is 0 Å². The number of methoxy groups -OCH3 is 1. The third-order valence-corrected chi connectivity index (χ3v) is 4.45. The smallest absolute Gasteiger partial charge is 0.273 e. The van der Waals surface area contributed by atoms with E-state index in [1.165, 1.54) is 25.3 Å². The maximum atomic E-state index is 12.2. The molecule has 0 aliphatic rings. The number of nitrogens with one attached hydrogen (secondary N) is 1. The molecule has 8 heteroatoms. The maximum absolute atomic E-state index is 12.2. The van der Waals surface area contributed by atoms with Gasteiger partial charge in [0.25, 0.3) is 11.6 Å². The summed E-state index contributed by atoms with van der Waals surface area (Å²) in [6.07, 6.45) is 0. The Morgan fingerprint density at radius 2 is 1.89 bits per heavy atom. The van der Waals surface area contributed by atoms with Gasteiger partial charge in [0.1, 0.15) is 11.5 Å². The summed E-state index contributed by atoms with van der Waals surface area (Å²) in [4.78, 5) is 22.5. The lowest BCUT2D eigenvalue weighted by Crippen LogP contribution is -2.20. The largest absolute Gasteiger partial charge is 0.494 e. The zero-order valence-electron chi connectivity index (χ0n) is 15.5. The molecule has 144 valence electrons. The Bertz CT molecular complexity index is 862. The van der Waals surface area contributed by atoms with Gasteiger partial charge in [0.15, 0.2) is 6.61 Å². The second-order valence-corrected chi connectivity index (χ2v) is 7.73. The van der Waals surface area contributed by atoms with Gasteiger partial charge >= 0.3 is 0 Å². The van der Waals surface area contributed by atoms with Gasteiger partial charge in [-0.2, -0.15) is 0 Å². The van der Waals surface area contributed by atoms with Crippen LogP contribution in [0.1, 0.15) is 26.3 Å². The maximum Gasteiger partial charge on any atom is 0.273 e. The first kappa shape index (κ1) is 20.7. The molecule has 2 aromatic rings. The molecule has 0 bridgehead atoms. The van der Waals surface area contributed by atoms with Crippen LogP contribution in [-0.2, 0) is 10.2 Å². The highest BCUT2D eigenvalue weighted by molar-refractivity contribution is 9.10. The summed E-state index contributed by atoms with van der Waals surface area (Å²) in [6, 6.07) is 9.69. The minimum absolute atomic E-state index is 0.00486. The molecular weight excluding hydrogens is 416 g/mol. The van der Waals surface area contributed by atoms with Crippen LogP contribution >= 0.6 is 15.9 Å². The number of halogens is 1. The van der Waals surface area contributed by atoms with E-state index < -0.39 is 10.8 Å². The van der Waals surface area contributed by atoms with Gasteiger partial charge in [0, 0.05) is 6.07 Å². The zero-order chi connectivity index (χ0) is 20.2. The van der Waals surface area contributed by atoms with Gasteiger partial charge in [-0.25, -0.2) is 0 Å². The average Bonchev–Trinajstić information content (AvgIpc) is 2.59. The molecular formula is C19H21BrN2O5. The average molecular weight is 437 g/mol. The summed E-state index contributed by atoms with van der Waals surface area (Å²) in [7, 11) is 1.37. The summed E-state index contributed by atoms with van der Waals surface area (Å²) in [5, 5.41) is 13.4. The van der Waals surface area contributed by atoms with Crippen molar-refractivity contribution in [3.05, 3.63) is 56.5 Å². The molecule has 0 saturated carbocycles. The van der Waals surface area contributed by atoms with E-state index >= 15 is 0 Å². The predicted molar refractivity (Wildman–Crippen MR) is 107 cm³/mol. The number of hydrogen-bond donors (Lipinski definition) is 1. The fraction of sp³-hybridized carbons (Fsp3) is 0.316. The van der Waals surface area contributed by atoms with E-state index in [4.69, 9.17) is 9.47 Å². The number of anilines is 1. The van der Waals surface area contributed by atoms with E-state index in [1.54, 1.807) is 0 Å². The van der Waals surface area contributed by atoms with Gasteiger partial charge in [-0.15, -0.1) is 0 Å². The van der Waals surface area contributed by atoms with Crippen molar-refractivity contribution in [2.75, 3.05) is 19.0 Å². The minimum atomic E-state index is -0.532. The molecule has 27 heavy (non-hydrogen) atoms. The molecule has 0 radical (unpaired) electrons. The Kier molecular flexibility index (Phi) is 6.43. The van der Waals surface area contributed by atoms with Crippen molar-refractivity contribution in [2.45, 2.75) is 26.2 Å². The van der Waals surface area contributed by atoms with Gasteiger partial charge in [-0.3, -0.25) is 14.9 Å². The van der Waals surface area contributed by atoms with Gasteiger partial charge < -0.3 is 14.8 Å². The second kappa shape index (κ2) is 8.39. The fourth-order valence-electron chi connectivity index (χ4n) is 2.31. The number of non-ortho nitro benzene ring substituents is 1. The quantitative estimate of drug-likeness (QED) is 0.524. The van der Waals surface area contributed by atoms with E-state index in [0.29, 0.717) is 11.4 Å². The first-order chi connectivity index (χ1) is 12.6. The molecule has 7 nitrogen and oxygen atoms in total. The monoisotopic (exact) mass is 436 g/mol. The Labute approximate surface area is 166 Å². The minimum Gasteiger partial charge on any atom is -0.494 e. The van der Waals surface area contributed by atoms with E-state index in [-0.39, 0.29) is 23.5 Å². The molecule has 0 aliphatic heterocycles. The van der Waals surface area contributed by atoms with Crippen molar-refractivity contribution in [3.8, 4) is 11.5 Å².